The number of amides is 1. The predicted molar refractivity (Wildman–Crippen MR) is 104 cm³/mol. The van der Waals surface area contributed by atoms with Crippen LogP contribution in [0.25, 0.3) is 0 Å². The van der Waals surface area contributed by atoms with Gasteiger partial charge in [-0.05, 0) is 49.9 Å². The summed E-state index contributed by atoms with van der Waals surface area (Å²) >= 11 is 0. The molecular weight excluding hydrogens is 364 g/mol. The van der Waals surface area contributed by atoms with Crippen molar-refractivity contribution >= 4 is 36.4 Å². The van der Waals surface area contributed by atoms with Crippen LogP contribution in [0, 0.1) is 11.7 Å². The minimum Gasteiger partial charge on any atom is -0.371 e. The van der Waals surface area contributed by atoms with E-state index in [4.69, 9.17) is 5.73 Å². The van der Waals surface area contributed by atoms with E-state index in [1.54, 1.807) is 0 Å². The van der Waals surface area contributed by atoms with Crippen molar-refractivity contribution in [1.82, 2.24) is 4.90 Å². The summed E-state index contributed by atoms with van der Waals surface area (Å²) in [5.41, 5.74) is 7.12. The van der Waals surface area contributed by atoms with Gasteiger partial charge in [0.15, 0.2) is 0 Å². The highest BCUT2D eigenvalue weighted by atomic mass is 35.5. The highest BCUT2D eigenvalue weighted by Gasteiger charge is 2.35. The molecule has 0 spiro atoms. The molecule has 1 aliphatic carbocycles. The van der Waals surface area contributed by atoms with E-state index in [9.17, 15) is 9.18 Å². The van der Waals surface area contributed by atoms with Crippen LogP contribution in [0.4, 0.5) is 10.1 Å². The number of nitrogens with zero attached hydrogens (tertiary/aromatic N) is 2. The van der Waals surface area contributed by atoms with Crippen LogP contribution in [0.1, 0.15) is 32.1 Å². The predicted octanol–water partition coefficient (Wildman–Crippen LogP) is 3.22. The summed E-state index contributed by atoms with van der Waals surface area (Å²) in [4.78, 5) is 16.8. The molecule has 0 radical (unpaired) electrons. The molecule has 0 bridgehead atoms. The largest absolute Gasteiger partial charge is 0.371 e. The van der Waals surface area contributed by atoms with Gasteiger partial charge in [-0.2, -0.15) is 0 Å². The molecule has 7 heteroatoms. The summed E-state index contributed by atoms with van der Waals surface area (Å²) in [6.45, 7) is 1.79. The van der Waals surface area contributed by atoms with Crippen molar-refractivity contribution in [1.29, 1.82) is 0 Å². The zero-order valence-electron chi connectivity index (χ0n) is 14.6. The Hall–Kier alpha value is -1.04. The van der Waals surface area contributed by atoms with Crippen LogP contribution in [-0.2, 0) is 4.79 Å². The summed E-state index contributed by atoms with van der Waals surface area (Å²) in [5.74, 6) is 0.0206. The minimum atomic E-state index is -0.207. The smallest absolute Gasteiger partial charge is 0.227 e. The lowest BCUT2D eigenvalue weighted by atomic mass is 9.98. The summed E-state index contributed by atoms with van der Waals surface area (Å²) in [6.07, 6.45) is 4.85. The molecular formula is C18H28Cl2FN3O. The van der Waals surface area contributed by atoms with Crippen molar-refractivity contribution in [3.8, 4) is 0 Å². The van der Waals surface area contributed by atoms with Crippen molar-refractivity contribution < 1.29 is 9.18 Å². The van der Waals surface area contributed by atoms with Gasteiger partial charge in [0, 0.05) is 37.9 Å². The van der Waals surface area contributed by atoms with E-state index in [0.29, 0.717) is 0 Å². The fourth-order valence-electron chi connectivity index (χ4n) is 3.90. The zero-order valence-corrected chi connectivity index (χ0v) is 16.2. The Kier molecular flexibility index (Phi) is 8.45. The Morgan fingerprint density at radius 2 is 1.72 bits per heavy atom. The van der Waals surface area contributed by atoms with Crippen LogP contribution in [0.3, 0.4) is 0 Å². The molecule has 1 aromatic rings. The molecule has 2 atom stereocenters. The molecule has 2 unspecified atom stereocenters. The van der Waals surface area contributed by atoms with Crippen LogP contribution in [0.5, 0.6) is 0 Å². The maximum atomic E-state index is 13.0. The number of carbonyl (C=O) groups is 1. The number of hydrogen-bond donors (Lipinski definition) is 1. The van der Waals surface area contributed by atoms with Gasteiger partial charge in [-0.15, -0.1) is 24.8 Å². The molecule has 0 aromatic heterocycles. The standard InChI is InChI=1S/C18H26FN3O.2ClH/c1-21(18(23)16-3-2-4-17(16)20)14-9-11-22(12-10-14)15-7-5-13(19)6-8-15;;/h5-8,14,16-17H,2-4,9-12,20H2,1H3;2*1H. The summed E-state index contributed by atoms with van der Waals surface area (Å²) in [6, 6.07) is 6.96. The van der Waals surface area contributed by atoms with Gasteiger partial charge >= 0.3 is 0 Å². The second-order valence-electron chi connectivity index (χ2n) is 6.85. The average molecular weight is 392 g/mol. The van der Waals surface area contributed by atoms with Crippen LogP contribution in [0.15, 0.2) is 24.3 Å². The number of carbonyl (C=O) groups excluding carboxylic acids is 1. The normalized spacial score (nSPS) is 23.6. The van der Waals surface area contributed by atoms with E-state index < -0.39 is 0 Å². The van der Waals surface area contributed by atoms with Crippen LogP contribution < -0.4 is 10.6 Å². The number of anilines is 1. The first kappa shape index (κ1) is 22.0. The fraction of sp³-hybridized carbons (Fsp3) is 0.611. The summed E-state index contributed by atoms with van der Waals surface area (Å²) < 4.78 is 13.0. The first-order valence-corrected chi connectivity index (χ1v) is 8.59. The first-order valence-electron chi connectivity index (χ1n) is 8.59. The number of halogens is 3. The molecule has 1 aliphatic heterocycles. The van der Waals surface area contributed by atoms with E-state index in [0.717, 1.165) is 50.9 Å². The van der Waals surface area contributed by atoms with E-state index in [-0.39, 0.29) is 54.5 Å². The zero-order chi connectivity index (χ0) is 16.4. The number of piperidine rings is 1. The highest BCUT2D eigenvalue weighted by Crippen LogP contribution is 2.28. The SMILES string of the molecule is CN(C(=O)C1CCCC1N)C1CCN(c2ccc(F)cc2)CC1.Cl.Cl. The Labute approximate surface area is 161 Å². The van der Waals surface area contributed by atoms with Crippen molar-refractivity contribution in [3.05, 3.63) is 30.1 Å². The van der Waals surface area contributed by atoms with Crippen molar-refractivity contribution in [2.75, 3.05) is 25.0 Å². The van der Waals surface area contributed by atoms with Crippen LogP contribution in [-0.4, -0.2) is 43.0 Å². The number of benzene rings is 1. The lowest BCUT2D eigenvalue weighted by Crippen LogP contribution is -2.49. The number of nitrogens with two attached hydrogens (primary N) is 1. The molecule has 1 saturated carbocycles. The van der Waals surface area contributed by atoms with Crippen LogP contribution in [0.2, 0.25) is 0 Å². The lowest BCUT2D eigenvalue weighted by molar-refractivity contribution is -0.136. The Morgan fingerprint density at radius 3 is 2.24 bits per heavy atom. The van der Waals surface area contributed by atoms with Gasteiger partial charge in [0.05, 0.1) is 5.92 Å². The van der Waals surface area contributed by atoms with E-state index >= 15 is 0 Å². The summed E-state index contributed by atoms with van der Waals surface area (Å²) in [7, 11) is 1.92. The molecule has 2 fully saturated rings. The molecule has 4 nitrogen and oxygen atoms in total. The van der Waals surface area contributed by atoms with Crippen molar-refractivity contribution in [2.24, 2.45) is 11.7 Å². The van der Waals surface area contributed by atoms with Gasteiger partial charge in [-0.25, -0.2) is 4.39 Å². The number of rotatable bonds is 3. The Morgan fingerprint density at radius 1 is 1.12 bits per heavy atom. The molecule has 2 aliphatic rings. The number of hydrogen-bond acceptors (Lipinski definition) is 3. The quantitative estimate of drug-likeness (QED) is 0.860. The van der Waals surface area contributed by atoms with Crippen molar-refractivity contribution in [2.45, 2.75) is 44.2 Å². The molecule has 25 heavy (non-hydrogen) atoms. The maximum Gasteiger partial charge on any atom is 0.227 e. The molecule has 1 amide bonds. The monoisotopic (exact) mass is 391 g/mol. The van der Waals surface area contributed by atoms with E-state index in [1.165, 1.54) is 12.1 Å². The molecule has 1 saturated heterocycles. The van der Waals surface area contributed by atoms with Gasteiger partial charge in [0.1, 0.15) is 5.82 Å². The fourth-order valence-corrected chi connectivity index (χ4v) is 3.90. The van der Waals surface area contributed by atoms with E-state index in [1.807, 2.05) is 24.1 Å². The van der Waals surface area contributed by atoms with E-state index in [2.05, 4.69) is 4.90 Å². The van der Waals surface area contributed by atoms with Gasteiger partial charge in [-0.1, -0.05) is 6.42 Å². The molecule has 1 heterocycles. The first-order chi connectivity index (χ1) is 11.1. The Balaban J connectivity index is 0.00000156. The van der Waals surface area contributed by atoms with Gasteiger partial charge < -0.3 is 15.5 Å². The lowest BCUT2D eigenvalue weighted by Gasteiger charge is -2.39. The molecule has 142 valence electrons. The maximum absolute atomic E-state index is 13.0. The summed E-state index contributed by atoms with van der Waals surface area (Å²) in [5, 5.41) is 0. The second kappa shape index (κ2) is 9.60. The van der Waals surface area contributed by atoms with Crippen molar-refractivity contribution in [3.63, 3.8) is 0 Å². The van der Waals surface area contributed by atoms with Gasteiger partial charge in [0.2, 0.25) is 5.91 Å². The minimum absolute atomic E-state index is 0. The van der Waals surface area contributed by atoms with Gasteiger partial charge in [-0.3, -0.25) is 4.79 Å². The second-order valence-corrected chi connectivity index (χ2v) is 6.85. The highest BCUT2D eigenvalue weighted by molar-refractivity contribution is 5.85. The average Bonchev–Trinajstić information content (AvgIpc) is 3.00. The molecule has 3 rings (SSSR count). The Bertz CT molecular complexity index is 550. The molecule has 1 aromatic carbocycles. The third-order valence-corrected chi connectivity index (χ3v) is 5.44. The third-order valence-electron chi connectivity index (χ3n) is 5.44. The topological polar surface area (TPSA) is 49.6 Å². The molecule has 2 N–H and O–H groups in total. The van der Waals surface area contributed by atoms with Crippen LogP contribution >= 0.6 is 24.8 Å². The third kappa shape index (κ3) is 4.99. The van der Waals surface area contributed by atoms with Gasteiger partial charge in [0.25, 0.3) is 0 Å².